The Labute approximate surface area is 154 Å². The van der Waals surface area contributed by atoms with Crippen LogP contribution in [0.15, 0.2) is 30.4 Å². The number of urea groups is 1. The summed E-state index contributed by atoms with van der Waals surface area (Å²) in [6.07, 6.45) is 3.71. The average molecular weight is 370 g/mol. The summed E-state index contributed by atoms with van der Waals surface area (Å²) in [4.78, 5) is 61.3. The van der Waals surface area contributed by atoms with Crippen LogP contribution in [0.2, 0.25) is 0 Å². The minimum absolute atomic E-state index is 0.0585. The molecule has 0 bridgehead atoms. The molecule has 0 radical (unpaired) electrons. The molecule has 0 aliphatic carbocycles. The van der Waals surface area contributed by atoms with Crippen LogP contribution >= 0.6 is 0 Å². The van der Waals surface area contributed by atoms with E-state index < -0.39 is 35.7 Å². The van der Waals surface area contributed by atoms with Crippen molar-refractivity contribution in [1.82, 2.24) is 15.5 Å². The maximum absolute atomic E-state index is 12.7. The molecule has 9 nitrogen and oxygen atoms in total. The first kappa shape index (κ1) is 18.3. The van der Waals surface area contributed by atoms with Crippen molar-refractivity contribution in [3.05, 3.63) is 41.5 Å². The van der Waals surface area contributed by atoms with E-state index in [9.17, 15) is 24.0 Å². The highest BCUT2D eigenvalue weighted by Gasteiger charge is 2.44. The average Bonchev–Trinajstić information content (AvgIpc) is 2.86. The summed E-state index contributed by atoms with van der Waals surface area (Å²) in [5.41, 5.74) is 0.610. The number of nitrogens with one attached hydrogen (secondary N) is 3. The van der Waals surface area contributed by atoms with E-state index in [0.29, 0.717) is 12.2 Å². The zero-order valence-corrected chi connectivity index (χ0v) is 14.6. The predicted octanol–water partition coefficient (Wildman–Crippen LogP) is 0.785. The number of fused-ring (bicyclic) bond motifs is 1. The van der Waals surface area contributed by atoms with Crippen LogP contribution in [0, 0.1) is 0 Å². The van der Waals surface area contributed by atoms with Crippen molar-refractivity contribution in [2.75, 3.05) is 11.9 Å². The van der Waals surface area contributed by atoms with Crippen molar-refractivity contribution >= 4 is 35.3 Å². The van der Waals surface area contributed by atoms with Gasteiger partial charge in [-0.2, -0.15) is 0 Å². The van der Waals surface area contributed by atoms with Gasteiger partial charge in [-0.25, -0.2) is 4.79 Å². The van der Waals surface area contributed by atoms with Gasteiger partial charge in [0.15, 0.2) is 0 Å². The minimum atomic E-state index is -1.02. The molecule has 1 atom stereocenters. The lowest BCUT2D eigenvalue weighted by Gasteiger charge is -2.27. The zero-order chi connectivity index (χ0) is 19.6. The molecular formula is C18H18N4O5. The maximum atomic E-state index is 12.7. The Kier molecular flexibility index (Phi) is 5.02. The molecule has 27 heavy (non-hydrogen) atoms. The van der Waals surface area contributed by atoms with Crippen LogP contribution in [-0.4, -0.2) is 47.1 Å². The fraction of sp³-hybridized carbons (Fsp3) is 0.278. The van der Waals surface area contributed by atoms with E-state index in [1.807, 2.05) is 6.92 Å². The normalized spacial score (nSPS) is 19.3. The van der Waals surface area contributed by atoms with E-state index in [1.165, 1.54) is 18.2 Å². The molecule has 1 fully saturated rings. The van der Waals surface area contributed by atoms with Gasteiger partial charge >= 0.3 is 6.03 Å². The van der Waals surface area contributed by atoms with E-state index in [-0.39, 0.29) is 24.0 Å². The number of nitrogens with zero attached hydrogens (tertiary/aromatic N) is 1. The highest BCUT2D eigenvalue weighted by Crippen LogP contribution is 2.29. The van der Waals surface area contributed by atoms with Gasteiger partial charge in [0.25, 0.3) is 11.8 Å². The third-order valence-corrected chi connectivity index (χ3v) is 4.31. The Morgan fingerprint density at radius 2 is 1.96 bits per heavy atom. The maximum Gasteiger partial charge on any atom is 0.319 e. The van der Waals surface area contributed by atoms with Crippen molar-refractivity contribution in [3.63, 3.8) is 0 Å². The summed E-state index contributed by atoms with van der Waals surface area (Å²) in [7, 11) is 0. The number of hydrogen-bond acceptors (Lipinski definition) is 5. The summed E-state index contributed by atoms with van der Waals surface area (Å²) < 4.78 is 0. The lowest BCUT2D eigenvalue weighted by atomic mass is 10.0. The number of anilines is 1. The van der Waals surface area contributed by atoms with Crippen molar-refractivity contribution in [1.29, 1.82) is 0 Å². The van der Waals surface area contributed by atoms with Crippen LogP contribution in [-0.2, 0) is 9.59 Å². The second kappa shape index (κ2) is 7.40. The van der Waals surface area contributed by atoms with Crippen LogP contribution in [0.1, 0.15) is 40.5 Å². The van der Waals surface area contributed by atoms with E-state index in [4.69, 9.17) is 0 Å². The lowest BCUT2D eigenvalue weighted by Crippen LogP contribution is -2.54. The van der Waals surface area contributed by atoms with Crippen LogP contribution in [0.25, 0.3) is 0 Å². The van der Waals surface area contributed by atoms with Gasteiger partial charge in [0.2, 0.25) is 11.8 Å². The largest absolute Gasteiger partial charge is 0.334 e. The third-order valence-electron chi connectivity index (χ3n) is 4.31. The quantitative estimate of drug-likeness (QED) is 0.534. The molecule has 6 amide bonds. The minimum Gasteiger partial charge on any atom is -0.334 e. The Bertz CT molecular complexity index is 877. The molecule has 0 saturated carbocycles. The zero-order valence-electron chi connectivity index (χ0n) is 14.6. The van der Waals surface area contributed by atoms with Gasteiger partial charge in [0.05, 0.1) is 11.1 Å². The molecule has 9 heteroatoms. The van der Waals surface area contributed by atoms with Crippen molar-refractivity contribution in [3.8, 4) is 0 Å². The number of rotatable bonds is 4. The fourth-order valence-electron chi connectivity index (χ4n) is 2.99. The van der Waals surface area contributed by atoms with Crippen LogP contribution < -0.4 is 16.0 Å². The van der Waals surface area contributed by atoms with Gasteiger partial charge in [0.1, 0.15) is 6.04 Å². The first-order chi connectivity index (χ1) is 12.9. The number of carbonyl (C=O) groups excluding carboxylic acids is 5. The molecule has 140 valence electrons. The number of imide groups is 2. The molecule has 3 N–H and O–H groups in total. The van der Waals surface area contributed by atoms with Gasteiger partial charge in [-0.1, -0.05) is 12.2 Å². The van der Waals surface area contributed by atoms with E-state index in [2.05, 4.69) is 16.0 Å². The summed E-state index contributed by atoms with van der Waals surface area (Å²) in [6, 6.07) is 2.87. The van der Waals surface area contributed by atoms with Gasteiger partial charge in [-0.05, 0) is 31.5 Å². The smallest absolute Gasteiger partial charge is 0.319 e. The lowest BCUT2D eigenvalue weighted by molar-refractivity contribution is -0.136. The molecule has 1 aromatic rings. The van der Waals surface area contributed by atoms with Crippen LogP contribution in [0.4, 0.5) is 10.5 Å². The molecule has 2 aliphatic heterocycles. The number of piperidine rings is 1. The highest BCUT2D eigenvalue weighted by atomic mass is 16.2. The predicted molar refractivity (Wildman–Crippen MR) is 94.9 cm³/mol. The van der Waals surface area contributed by atoms with E-state index >= 15 is 0 Å². The molecule has 0 aromatic heterocycles. The van der Waals surface area contributed by atoms with Crippen molar-refractivity contribution in [2.24, 2.45) is 0 Å². The molecule has 0 spiro atoms. The molecule has 1 unspecified atom stereocenters. The first-order valence-electron chi connectivity index (χ1n) is 8.44. The summed E-state index contributed by atoms with van der Waals surface area (Å²) in [6.45, 7) is 2.19. The van der Waals surface area contributed by atoms with Gasteiger partial charge in [-0.3, -0.25) is 29.4 Å². The Balaban J connectivity index is 1.77. The van der Waals surface area contributed by atoms with Crippen molar-refractivity contribution < 1.29 is 24.0 Å². The Hall–Kier alpha value is -3.49. The monoisotopic (exact) mass is 370 g/mol. The summed E-state index contributed by atoms with van der Waals surface area (Å²) in [5, 5.41) is 7.33. The van der Waals surface area contributed by atoms with Gasteiger partial charge in [0, 0.05) is 18.7 Å². The second-order valence-electron chi connectivity index (χ2n) is 6.11. The van der Waals surface area contributed by atoms with Gasteiger partial charge < -0.3 is 10.6 Å². The van der Waals surface area contributed by atoms with Crippen LogP contribution in [0.3, 0.4) is 0 Å². The number of benzene rings is 1. The molecule has 2 heterocycles. The van der Waals surface area contributed by atoms with E-state index in [0.717, 1.165) is 4.90 Å². The number of carbonyl (C=O) groups is 5. The molecule has 2 aliphatic rings. The molecule has 1 saturated heterocycles. The third kappa shape index (κ3) is 3.57. The standard InChI is InChI=1S/C18H18N4O5/c1-2-3-8-19-18(27)20-10-4-5-11-12(9-10)17(26)22(16(11)25)13-6-7-14(23)21-15(13)24/h2-5,9,13H,6-8H2,1H3,(H2,19,20,27)(H,21,23,24). The Morgan fingerprint density at radius 1 is 1.22 bits per heavy atom. The van der Waals surface area contributed by atoms with Gasteiger partial charge in [-0.15, -0.1) is 0 Å². The first-order valence-corrected chi connectivity index (χ1v) is 8.44. The highest BCUT2D eigenvalue weighted by molar-refractivity contribution is 6.23. The fourth-order valence-corrected chi connectivity index (χ4v) is 2.99. The number of amides is 6. The second-order valence-corrected chi connectivity index (χ2v) is 6.11. The topological polar surface area (TPSA) is 125 Å². The molecule has 3 rings (SSSR count). The SMILES string of the molecule is CC=CCNC(=O)Nc1ccc2c(c1)C(=O)N(C1CCC(=O)NC1=O)C2=O. The Morgan fingerprint density at radius 3 is 2.67 bits per heavy atom. The summed E-state index contributed by atoms with van der Waals surface area (Å²) >= 11 is 0. The van der Waals surface area contributed by atoms with Crippen LogP contribution in [0.5, 0.6) is 0 Å². The number of hydrogen-bond donors (Lipinski definition) is 3. The number of allylic oxidation sites excluding steroid dienone is 1. The molecule has 1 aromatic carbocycles. The molecular weight excluding hydrogens is 352 g/mol. The summed E-state index contributed by atoms with van der Waals surface area (Å²) in [5.74, 6) is -2.30. The van der Waals surface area contributed by atoms with E-state index in [1.54, 1.807) is 12.2 Å². The van der Waals surface area contributed by atoms with Crippen molar-refractivity contribution in [2.45, 2.75) is 25.8 Å².